The van der Waals surface area contributed by atoms with Crippen molar-refractivity contribution in [3.05, 3.63) is 51.4 Å². The number of aliphatic hydroxyl groups excluding tert-OH is 1. The number of hydrogen-bond acceptors (Lipinski definition) is 6. The molecule has 0 saturated carbocycles. The molecule has 8 heteroatoms. The summed E-state index contributed by atoms with van der Waals surface area (Å²) >= 11 is 1.40. The third-order valence-electron chi connectivity index (χ3n) is 5.83. The molecular weight excluding hydrogens is 402 g/mol. The van der Waals surface area contributed by atoms with E-state index in [0.29, 0.717) is 29.0 Å². The lowest BCUT2D eigenvalue weighted by molar-refractivity contribution is 0.0342. The molecule has 1 aromatic carbocycles. The summed E-state index contributed by atoms with van der Waals surface area (Å²) in [5.41, 5.74) is 8.66. The molecule has 2 amide bonds. The van der Waals surface area contributed by atoms with E-state index in [1.807, 2.05) is 24.3 Å². The Morgan fingerprint density at radius 3 is 2.63 bits per heavy atom. The third-order valence-corrected chi connectivity index (χ3v) is 6.99. The molecule has 7 nitrogen and oxygen atoms in total. The third kappa shape index (κ3) is 4.57. The van der Waals surface area contributed by atoms with Crippen molar-refractivity contribution in [1.82, 2.24) is 4.90 Å². The number of carbonyl (C=O) groups is 2. The number of fused-ring (bicyclic) bond motifs is 1. The van der Waals surface area contributed by atoms with Crippen molar-refractivity contribution in [3.8, 4) is 0 Å². The van der Waals surface area contributed by atoms with Crippen LogP contribution in [0.15, 0.2) is 24.3 Å². The number of nitrogens with zero attached hydrogens (tertiary/aromatic N) is 1. The molecule has 2 aliphatic rings. The normalized spacial score (nSPS) is 19.3. The topological polar surface area (TPSA) is 105 Å². The smallest absolute Gasteiger partial charge is 0.256 e. The van der Waals surface area contributed by atoms with Gasteiger partial charge in [0.25, 0.3) is 11.8 Å². The molecule has 0 radical (unpaired) electrons. The Labute approximate surface area is 179 Å². The first-order valence-electron chi connectivity index (χ1n) is 10.3. The van der Waals surface area contributed by atoms with Gasteiger partial charge in [0.05, 0.1) is 18.8 Å². The Morgan fingerprint density at radius 2 is 1.97 bits per heavy atom. The monoisotopic (exact) mass is 429 g/mol. The Hall–Kier alpha value is -2.26. The van der Waals surface area contributed by atoms with Gasteiger partial charge in [-0.3, -0.25) is 14.5 Å². The highest BCUT2D eigenvalue weighted by Gasteiger charge is 2.28. The maximum Gasteiger partial charge on any atom is 0.256 e. The number of hydrogen-bond donors (Lipinski definition) is 3. The van der Waals surface area contributed by atoms with Crippen molar-refractivity contribution in [2.45, 2.75) is 25.8 Å². The van der Waals surface area contributed by atoms with Gasteiger partial charge in [0.15, 0.2) is 0 Å². The van der Waals surface area contributed by atoms with E-state index in [1.165, 1.54) is 11.3 Å². The van der Waals surface area contributed by atoms with Crippen LogP contribution in [0.1, 0.15) is 43.1 Å². The number of ether oxygens (including phenoxy) is 1. The summed E-state index contributed by atoms with van der Waals surface area (Å²) in [6, 6.07) is 7.55. The molecule has 1 aliphatic heterocycles. The molecule has 1 saturated heterocycles. The van der Waals surface area contributed by atoms with Gasteiger partial charge in [-0.1, -0.05) is 12.1 Å². The van der Waals surface area contributed by atoms with Crippen molar-refractivity contribution >= 4 is 28.2 Å². The number of aliphatic hydroxyl groups is 1. The highest BCUT2D eigenvalue weighted by Crippen LogP contribution is 2.39. The predicted octanol–water partition coefficient (Wildman–Crippen LogP) is 2.03. The molecule has 1 aromatic heterocycles. The number of morpholine rings is 1. The van der Waals surface area contributed by atoms with Crippen molar-refractivity contribution in [2.24, 2.45) is 11.7 Å². The van der Waals surface area contributed by atoms with Crippen LogP contribution in [0.2, 0.25) is 0 Å². The largest absolute Gasteiger partial charge is 0.396 e. The van der Waals surface area contributed by atoms with Crippen molar-refractivity contribution < 1.29 is 19.4 Å². The summed E-state index contributed by atoms with van der Waals surface area (Å²) < 4.78 is 5.37. The first kappa shape index (κ1) is 21.0. The summed E-state index contributed by atoms with van der Waals surface area (Å²) in [5, 5.41) is 12.9. The molecule has 0 bridgehead atoms. The number of rotatable bonds is 6. The summed E-state index contributed by atoms with van der Waals surface area (Å²) in [7, 11) is 0. The van der Waals surface area contributed by atoms with E-state index in [2.05, 4.69) is 10.2 Å². The van der Waals surface area contributed by atoms with Gasteiger partial charge in [-0.15, -0.1) is 11.3 Å². The number of nitrogens with two attached hydrogens (primary N) is 1. The average molecular weight is 430 g/mol. The zero-order valence-corrected chi connectivity index (χ0v) is 17.7. The van der Waals surface area contributed by atoms with Crippen LogP contribution in [0.4, 0.5) is 5.00 Å². The molecule has 30 heavy (non-hydrogen) atoms. The first-order valence-corrected chi connectivity index (χ1v) is 11.1. The minimum Gasteiger partial charge on any atom is -0.396 e. The zero-order chi connectivity index (χ0) is 21.1. The van der Waals surface area contributed by atoms with Crippen LogP contribution in [0, 0.1) is 5.92 Å². The second-order valence-electron chi connectivity index (χ2n) is 7.90. The van der Waals surface area contributed by atoms with Gasteiger partial charge in [0.2, 0.25) is 0 Å². The van der Waals surface area contributed by atoms with Crippen LogP contribution < -0.4 is 11.1 Å². The molecular formula is C22H27N3O4S. The number of carbonyl (C=O) groups excluding carboxylic acids is 2. The fraction of sp³-hybridized carbons (Fsp3) is 0.455. The Morgan fingerprint density at radius 1 is 1.23 bits per heavy atom. The lowest BCUT2D eigenvalue weighted by Gasteiger charge is -2.26. The molecule has 1 fully saturated rings. The van der Waals surface area contributed by atoms with Gasteiger partial charge >= 0.3 is 0 Å². The molecule has 1 atom stereocenters. The maximum absolute atomic E-state index is 12.8. The van der Waals surface area contributed by atoms with E-state index < -0.39 is 5.91 Å². The molecule has 2 aromatic rings. The minimum atomic E-state index is -0.522. The van der Waals surface area contributed by atoms with Crippen molar-refractivity contribution in [1.29, 1.82) is 0 Å². The van der Waals surface area contributed by atoms with E-state index in [4.69, 9.17) is 10.5 Å². The van der Waals surface area contributed by atoms with Gasteiger partial charge in [0.1, 0.15) is 5.00 Å². The van der Waals surface area contributed by atoms with Crippen LogP contribution in [0.3, 0.4) is 0 Å². The fourth-order valence-electron chi connectivity index (χ4n) is 4.11. The first-order chi connectivity index (χ1) is 14.5. The summed E-state index contributed by atoms with van der Waals surface area (Å²) in [6.07, 6.45) is 2.23. The van der Waals surface area contributed by atoms with Gasteiger partial charge in [0, 0.05) is 36.7 Å². The molecule has 4 N–H and O–H groups in total. The van der Waals surface area contributed by atoms with Gasteiger partial charge in [-0.2, -0.15) is 0 Å². The standard InChI is InChI=1S/C22H27N3O4S/c23-20(27)19-17-6-3-15(13-26)11-18(17)30-22(19)24-21(28)16-4-1-14(2-5-16)12-25-7-9-29-10-8-25/h1-2,4-5,15,26H,3,6-13H2,(H2,23,27)(H,24,28). The lowest BCUT2D eigenvalue weighted by atomic mass is 9.87. The maximum atomic E-state index is 12.8. The SMILES string of the molecule is NC(=O)c1c(NC(=O)c2ccc(CN3CCOCC3)cc2)sc2c1CCC(CO)C2. The van der Waals surface area contributed by atoms with Crippen LogP contribution in [0.5, 0.6) is 0 Å². The summed E-state index contributed by atoms with van der Waals surface area (Å²) in [6.45, 7) is 4.30. The predicted molar refractivity (Wildman–Crippen MR) is 116 cm³/mol. The number of amides is 2. The van der Waals surface area contributed by atoms with Crippen LogP contribution in [-0.4, -0.2) is 54.7 Å². The zero-order valence-electron chi connectivity index (χ0n) is 16.9. The number of nitrogens with one attached hydrogen (secondary N) is 1. The molecule has 2 heterocycles. The van der Waals surface area contributed by atoms with Crippen LogP contribution in [0.25, 0.3) is 0 Å². The van der Waals surface area contributed by atoms with E-state index in [9.17, 15) is 14.7 Å². The van der Waals surface area contributed by atoms with Crippen molar-refractivity contribution in [2.75, 3.05) is 38.2 Å². The minimum absolute atomic E-state index is 0.127. The van der Waals surface area contributed by atoms with Crippen molar-refractivity contribution in [3.63, 3.8) is 0 Å². The molecule has 1 aliphatic carbocycles. The van der Waals surface area contributed by atoms with Crippen LogP contribution >= 0.6 is 11.3 Å². The number of anilines is 1. The van der Waals surface area contributed by atoms with E-state index >= 15 is 0 Å². The quantitative estimate of drug-likeness (QED) is 0.652. The number of primary amides is 1. The highest BCUT2D eigenvalue weighted by molar-refractivity contribution is 7.17. The Balaban J connectivity index is 1.47. The van der Waals surface area contributed by atoms with Gasteiger partial charge in [-0.05, 0) is 48.4 Å². The van der Waals surface area contributed by atoms with Crippen LogP contribution in [-0.2, 0) is 24.1 Å². The van der Waals surface area contributed by atoms with Gasteiger partial charge in [-0.25, -0.2) is 0 Å². The fourth-order valence-corrected chi connectivity index (χ4v) is 5.48. The molecule has 1 unspecified atom stereocenters. The highest BCUT2D eigenvalue weighted by atomic mass is 32.1. The second-order valence-corrected chi connectivity index (χ2v) is 9.01. The lowest BCUT2D eigenvalue weighted by Crippen LogP contribution is -2.35. The van der Waals surface area contributed by atoms with Gasteiger partial charge < -0.3 is 20.9 Å². The molecule has 0 spiro atoms. The summed E-state index contributed by atoms with van der Waals surface area (Å²) in [5.74, 6) is -0.585. The number of benzene rings is 1. The summed E-state index contributed by atoms with van der Waals surface area (Å²) in [4.78, 5) is 28.2. The average Bonchev–Trinajstić information content (AvgIpc) is 3.12. The molecule has 160 valence electrons. The molecule has 4 rings (SSSR count). The van der Waals surface area contributed by atoms with E-state index in [-0.39, 0.29) is 18.4 Å². The Kier molecular flexibility index (Phi) is 6.48. The second kappa shape index (κ2) is 9.26. The Bertz CT molecular complexity index is 919. The van der Waals surface area contributed by atoms with E-state index in [0.717, 1.165) is 55.3 Å². The van der Waals surface area contributed by atoms with E-state index in [1.54, 1.807) is 0 Å². The number of thiophene rings is 1.